The lowest BCUT2D eigenvalue weighted by atomic mass is 9.58. The lowest BCUT2D eigenvalue weighted by Crippen LogP contribution is -2.48. The molecule has 0 spiro atoms. The third kappa shape index (κ3) is 2.63. The Morgan fingerprint density at radius 1 is 1.16 bits per heavy atom. The van der Waals surface area contributed by atoms with Gasteiger partial charge in [-0.3, -0.25) is 0 Å². The van der Waals surface area contributed by atoms with Gasteiger partial charge in [0, 0.05) is 16.8 Å². The number of anilines is 1. The standard InChI is InChI=1S/C17H24ClN/c1-17-11-3-2-6-13(17)7-4-10-16(17)19-15-9-5-8-14(18)12-15/h5,8-9,12-13,16,19H,2-4,6-7,10-11H2,1H3/t13-,16?,17+/m1/s1. The number of benzene rings is 1. The zero-order valence-electron chi connectivity index (χ0n) is 11.8. The second kappa shape index (κ2) is 5.36. The average Bonchev–Trinajstić information content (AvgIpc) is 2.40. The van der Waals surface area contributed by atoms with Crippen LogP contribution in [0.1, 0.15) is 51.9 Å². The molecule has 3 atom stereocenters. The van der Waals surface area contributed by atoms with Gasteiger partial charge in [0.2, 0.25) is 0 Å². The maximum atomic E-state index is 6.09. The topological polar surface area (TPSA) is 12.0 Å². The van der Waals surface area contributed by atoms with Crippen molar-refractivity contribution >= 4 is 17.3 Å². The molecule has 2 aliphatic rings. The van der Waals surface area contributed by atoms with Crippen LogP contribution in [0.3, 0.4) is 0 Å². The van der Waals surface area contributed by atoms with Crippen LogP contribution in [0.2, 0.25) is 5.02 Å². The van der Waals surface area contributed by atoms with Crippen LogP contribution in [0.4, 0.5) is 5.69 Å². The van der Waals surface area contributed by atoms with Crippen LogP contribution in [-0.2, 0) is 0 Å². The van der Waals surface area contributed by atoms with Gasteiger partial charge in [-0.1, -0.05) is 43.9 Å². The minimum absolute atomic E-state index is 0.485. The Morgan fingerprint density at radius 2 is 2.00 bits per heavy atom. The van der Waals surface area contributed by atoms with Gasteiger partial charge in [0.05, 0.1) is 0 Å². The normalized spacial score (nSPS) is 34.6. The first-order valence-electron chi connectivity index (χ1n) is 7.70. The van der Waals surface area contributed by atoms with E-state index in [4.69, 9.17) is 11.6 Å². The quantitative estimate of drug-likeness (QED) is 0.752. The highest BCUT2D eigenvalue weighted by Crippen LogP contribution is 2.50. The molecule has 0 heterocycles. The summed E-state index contributed by atoms with van der Waals surface area (Å²) < 4.78 is 0. The average molecular weight is 278 g/mol. The second-order valence-electron chi connectivity index (χ2n) is 6.59. The van der Waals surface area contributed by atoms with E-state index in [1.54, 1.807) is 0 Å². The first-order chi connectivity index (χ1) is 9.18. The lowest BCUT2D eigenvalue weighted by molar-refractivity contribution is 0.0505. The number of hydrogen-bond acceptors (Lipinski definition) is 1. The molecule has 1 unspecified atom stereocenters. The van der Waals surface area contributed by atoms with E-state index in [2.05, 4.69) is 24.4 Å². The van der Waals surface area contributed by atoms with Gasteiger partial charge in [-0.15, -0.1) is 0 Å². The summed E-state index contributed by atoms with van der Waals surface area (Å²) in [6, 6.07) is 8.79. The van der Waals surface area contributed by atoms with E-state index in [9.17, 15) is 0 Å². The maximum Gasteiger partial charge on any atom is 0.0426 e. The van der Waals surface area contributed by atoms with Gasteiger partial charge in [0.25, 0.3) is 0 Å². The fourth-order valence-electron chi connectivity index (χ4n) is 4.28. The molecule has 0 saturated heterocycles. The minimum Gasteiger partial charge on any atom is -0.382 e. The minimum atomic E-state index is 0.485. The number of nitrogens with one attached hydrogen (secondary N) is 1. The van der Waals surface area contributed by atoms with Gasteiger partial charge in [-0.25, -0.2) is 0 Å². The summed E-state index contributed by atoms with van der Waals surface area (Å²) in [6.45, 7) is 2.51. The molecule has 2 aliphatic carbocycles. The third-order valence-electron chi connectivity index (χ3n) is 5.46. The molecule has 1 nitrogen and oxygen atoms in total. The monoisotopic (exact) mass is 277 g/mol. The number of hydrogen-bond donors (Lipinski definition) is 1. The predicted molar refractivity (Wildman–Crippen MR) is 82.8 cm³/mol. The fraction of sp³-hybridized carbons (Fsp3) is 0.647. The van der Waals surface area contributed by atoms with Crippen LogP contribution in [-0.4, -0.2) is 6.04 Å². The largest absolute Gasteiger partial charge is 0.382 e. The summed E-state index contributed by atoms with van der Waals surface area (Å²) in [5, 5.41) is 4.60. The molecule has 2 heteroatoms. The van der Waals surface area contributed by atoms with Gasteiger partial charge in [0.1, 0.15) is 0 Å². The van der Waals surface area contributed by atoms with Gasteiger partial charge in [-0.2, -0.15) is 0 Å². The number of fused-ring (bicyclic) bond motifs is 1. The van der Waals surface area contributed by atoms with Crippen molar-refractivity contribution in [2.24, 2.45) is 11.3 Å². The SMILES string of the molecule is C[C@]12CCCC[C@@H]1CCCC2Nc1cccc(Cl)c1. The molecule has 3 rings (SSSR count). The molecule has 104 valence electrons. The van der Waals surface area contributed by atoms with Crippen LogP contribution in [0.25, 0.3) is 0 Å². The summed E-state index contributed by atoms with van der Waals surface area (Å²) in [4.78, 5) is 0. The molecule has 0 amide bonds. The maximum absolute atomic E-state index is 6.09. The van der Waals surface area contributed by atoms with Crippen LogP contribution >= 0.6 is 11.6 Å². The molecule has 0 aromatic heterocycles. The molecule has 0 bridgehead atoms. The molecule has 1 aromatic rings. The Balaban J connectivity index is 1.79. The number of halogens is 1. The molecule has 1 aromatic carbocycles. The van der Waals surface area contributed by atoms with Crippen molar-refractivity contribution in [2.45, 2.75) is 57.9 Å². The van der Waals surface area contributed by atoms with E-state index < -0.39 is 0 Å². The Bertz CT molecular complexity index is 443. The van der Waals surface area contributed by atoms with Crippen molar-refractivity contribution in [2.75, 3.05) is 5.32 Å². The first-order valence-corrected chi connectivity index (χ1v) is 8.08. The molecule has 0 radical (unpaired) electrons. The Labute approximate surface area is 121 Å². The lowest BCUT2D eigenvalue weighted by Gasteiger charge is -2.51. The van der Waals surface area contributed by atoms with Gasteiger partial charge in [0.15, 0.2) is 0 Å². The van der Waals surface area contributed by atoms with Crippen molar-refractivity contribution in [1.82, 2.24) is 0 Å². The van der Waals surface area contributed by atoms with Crippen LogP contribution in [0.5, 0.6) is 0 Å². The second-order valence-corrected chi connectivity index (χ2v) is 7.02. The van der Waals surface area contributed by atoms with E-state index in [0.29, 0.717) is 11.5 Å². The molecule has 0 aliphatic heterocycles. The van der Waals surface area contributed by atoms with Crippen molar-refractivity contribution < 1.29 is 0 Å². The molecule has 2 saturated carbocycles. The van der Waals surface area contributed by atoms with E-state index in [0.717, 1.165) is 10.9 Å². The summed E-state index contributed by atoms with van der Waals surface area (Å²) in [5.41, 5.74) is 1.67. The van der Waals surface area contributed by atoms with E-state index in [1.807, 2.05) is 12.1 Å². The van der Waals surface area contributed by atoms with Crippen molar-refractivity contribution in [3.05, 3.63) is 29.3 Å². The number of rotatable bonds is 2. The molecule has 19 heavy (non-hydrogen) atoms. The predicted octanol–water partition coefficient (Wildman–Crippen LogP) is 5.50. The highest BCUT2D eigenvalue weighted by Gasteiger charge is 2.44. The van der Waals surface area contributed by atoms with E-state index in [-0.39, 0.29) is 0 Å². The molecule has 1 N–H and O–H groups in total. The van der Waals surface area contributed by atoms with E-state index in [1.165, 1.54) is 50.6 Å². The zero-order chi connectivity index (χ0) is 13.3. The smallest absolute Gasteiger partial charge is 0.0426 e. The summed E-state index contributed by atoms with van der Waals surface area (Å²) in [7, 11) is 0. The highest BCUT2D eigenvalue weighted by atomic mass is 35.5. The Hall–Kier alpha value is -0.690. The Kier molecular flexibility index (Phi) is 3.75. The van der Waals surface area contributed by atoms with Crippen molar-refractivity contribution in [3.8, 4) is 0 Å². The molecule has 2 fully saturated rings. The van der Waals surface area contributed by atoms with Crippen molar-refractivity contribution in [1.29, 1.82) is 0 Å². The van der Waals surface area contributed by atoms with Gasteiger partial charge < -0.3 is 5.32 Å². The van der Waals surface area contributed by atoms with Crippen LogP contribution < -0.4 is 5.32 Å². The van der Waals surface area contributed by atoms with Crippen LogP contribution in [0, 0.1) is 11.3 Å². The summed E-state index contributed by atoms with van der Waals surface area (Å²) in [5.74, 6) is 0.923. The van der Waals surface area contributed by atoms with Gasteiger partial charge >= 0.3 is 0 Å². The van der Waals surface area contributed by atoms with Gasteiger partial charge in [-0.05, 0) is 55.2 Å². The third-order valence-corrected chi connectivity index (χ3v) is 5.69. The zero-order valence-corrected chi connectivity index (χ0v) is 12.5. The fourth-order valence-corrected chi connectivity index (χ4v) is 4.47. The Morgan fingerprint density at radius 3 is 2.84 bits per heavy atom. The summed E-state index contributed by atoms with van der Waals surface area (Å²) >= 11 is 6.09. The van der Waals surface area contributed by atoms with E-state index >= 15 is 0 Å². The molecular formula is C17H24ClN. The van der Waals surface area contributed by atoms with Crippen molar-refractivity contribution in [3.63, 3.8) is 0 Å². The highest BCUT2D eigenvalue weighted by molar-refractivity contribution is 6.30. The first kappa shape index (κ1) is 13.3. The van der Waals surface area contributed by atoms with Crippen LogP contribution in [0.15, 0.2) is 24.3 Å². The molecular weight excluding hydrogens is 254 g/mol. The summed E-state index contributed by atoms with van der Waals surface area (Å²) in [6.07, 6.45) is 9.77.